The first-order valence-corrected chi connectivity index (χ1v) is 8.39. The van der Waals surface area contributed by atoms with E-state index in [1.807, 2.05) is 40.1 Å². The molecule has 0 radical (unpaired) electrons. The molecule has 0 aliphatic heterocycles. The van der Waals surface area contributed by atoms with Crippen LogP contribution in [0.25, 0.3) is 0 Å². The lowest BCUT2D eigenvalue weighted by atomic mass is 9.80. The standard InChI is InChI=1S/C19H27N3O/c1-6-17(23)16-10-15(11-22-19(16)14-8-7-9-14)18(21-5)12(2)13(3)20-4/h10-11,14,20H,6-9H2,1-5H3/b13-12+,21-18+. The fourth-order valence-electron chi connectivity index (χ4n) is 2.90. The number of allylic oxidation sites excluding steroid dienone is 2. The molecule has 0 amide bonds. The zero-order valence-corrected chi connectivity index (χ0v) is 14.9. The fraction of sp³-hybridized carbons (Fsp3) is 0.526. The summed E-state index contributed by atoms with van der Waals surface area (Å²) < 4.78 is 0. The Bertz CT molecular complexity index is 655. The number of ketones is 1. The minimum Gasteiger partial charge on any atom is -0.391 e. The van der Waals surface area contributed by atoms with Gasteiger partial charge in [0.2, 0.25) is 0 Å². The van der Waals surface area contributed by atoms with Gasteiger partial charge in [0, 0.05) is 49.5 Å². The number of Topliss-reactive ketones (excluding diaryl/α,β-unsaturated/α-hetero) is 1. The van der Waals surface area contributed by atoms with Crippen molar-refractivity contribution in [3.8, 4) is 0 Å². The lowest BCUT2D eigenvalue weighted by molar-refractivity contribution is 0.0985. The van der Waals surface area contributed by atoms with Crippen molar-refractivity contribution in [1.82, 2.24) is 10.3 Å². The van der Waals surface area contributed by atoms with Crippen LogP contribution in [0.4, 0.5) is 0 Å². The summed E-state index contributed by atoms with van der Waals surface area (Å²) in [5.74, 6) is 0.621. The highest BCUT2D eigenvalue weighted by Gasteiger charge is 2.26. The molecular weight excluding hydrogens is 286 g/mol. The molecule has 124 valence electrons. The minimum absolute atomic E-state index is 0.170. The van der Waals surface area contributed by atoms with Gasteiger partial charge in [0.1, 0.15) is 0 Å². The SMILES string of the molecule is CCC(=O)c1cc(C(=N/C)/C(C)=C(\C)NC)cnc1C1CCC1. The highest BCUT2D eigenvalue weighted by Crippen LogP contribution is 2.37. The van der Waals surface area contributed by atoms with Gasteiger partial charge in [0.15, 0.2) is 5.78 Å². The van der Waals surface area contributed by atoms with Crippen molar-refractivity contribution < 1.29 is 4.79 Å². The first kappa shape index (κ1) is 17.4. The predicted octanol–water partition coefficient (Wildman–Crippen LogP) is 3.87. The molecule has 0 spiro atoms. The summed E-state index contributed by atoms with van der Waals surface area (Å²) in [6, 6.07) is 1.99. The quantitative estimate of drug-likeness (QED) is 0.640. The molecule has 4 heteroatoms. The zero-order valence-electron chi connectivity index (χ0n) is 14.9. The second-order valence-electron chi connectivity index (χ2n) is 6.13. The number of carbonyl (C=O) groups is 1. The van der Waals surface area contributed by atoms with E-state index in [-0.39, 0.29) is 5.78 Å². The van der Waals surface area contributed by atoms with Crippen LogP contribution in [0.1, 0.15) is 74.0 Å². The second-order valence-corrected chi connectivity index (χ2v) is 6.13. The van der Waals surface area contributed by atoms with Crippen LogP contribution in [-0.2, 0) is 0 Å². The van der Waals surface area contributed by atoms with Gasteiger partial charge in [0.25, 0.3) is 0 Å². The molecule has 1 aliphatic carbocycles. The van der Waals surface area contributed by atoms with E-state index in [0.29, 0.717) is 12.3 Å². The lowest BCUT2D eigenvalue weighted by Gasteiger charge is -2.26. The minimum atomic E-state index is 0.170. The number of carbonyl (C=O) groups excluding carboxylic acids is 1. The van der Waals surface area contributed by atoms with E-state index < -0.39 is 0 Å². The second kappa shape index (κ2) is 7.53. The van der Waals surface area contributed by atoms with Crippen LogP contribution in [0.15, 0.2) is 28.5 Å². The van der Waals surface area contributed by atoms with Crippen molar-refractivity contribution in [2.45, 2.75) is 52.4 Å². The van der Waals surface area contributed by atoms with E-state index in [4.69, 9.17) is 0 Å². The van der Waals surface area contributed by atoms with Gasteiger partial charge in [-0.2, -0.15) is 0 Å². The van der Waals surface area contributed by atoms with Gasteiger partial charge >= 0.3 is 0 Å². The summed E-state index contributed by atoms with van der Waals surface area (Å²) in [5.41, 5.74) is 5.70. The Morgan fingerprint density at radius 1 is 1.39 bits per heavy atom. The number of hydrogen-bond acceptors (Lipinski definition) is 4. The molecule has 1 aromatic heterocycles. The Balaban J connectivity index is 2.50. The van der Waals surface area contributed by atoms with Gasteiger partial charge in [-0.1, -0.05) is 13.3 Å². The van der Waals surface area contributed by atoms with E-state index in [9.17, 15) is 4.79 Å². The highest BCUT2D eigenvalue weighted by molar-refractivity contribution is 6.13. The van der Waals surface area contributed by atoms with Gasteiger partial charge in [-0.05, 0) is 38.3 Å². The molecule has 0 bridgehead atoms. The molecule has 0 saturated heterocycles. The van der Waals surface area contributed by atoms with Gasteiger partial charge < -0.3 is 5.32 Å². The molecule has 4 nitrogen and oxygen atoms in total. The van der Waals surface area contributed by atoms with Crippen molar-refractivity contribution in [3.05, 3.63) is 40.4 Å². The number of hydrogen-bond donors (Lipinski definition) is 1. The summed E-state index contributed by atoms with van der Waals surface area (Å²) in [4.78, 5) is 21.5. The number of rotatable bonds is 6. The molecule has 0 unspecified atom stereocenters. The molecule has 2 rings (SSSR count). The van der Waals surface area contributed by atoms with Crippen molar-refractivity contribution in [2.24, 2.45) is 4.99 Å². The van der Waals surface area contributed by atoms with E-state index in [1.54, 1.807) is 7.05 Å². The fourth-order valence-corrected chi connectivity index (χ4v) is 2.90. The van der Waals surface area contributed by atoms with Crippen LogP contribution >= 0.6 is 0 Å². The molecule has 0 aromatic carbocycles. The van der Waals surface area contributed by atoms with Crippen molar-refractivity contribution in [3.63, 3.8) is 0 Å². The number of nitrogens with zero attached hydrogens (tertiary/aromatic N) is 2. The van der Waals surface area contributed by atoms with Crippen molar-refractivity contribution in [1.29, 1.82) is 0 Å². The van der Waals surface area contributed by atoms with Gasteiger partial charge in [-0.3, -0.25) is 14.8 Å². The van der Waals surface area contributed by atoms with Crippen LogP contribution in [-0.4, -0.2) is 30.6 Å². The Hall–Kier alpha value is -1.97. The van der Waals surface area contributed by atoms with Crippen LogP contribution in [0, 0.1) is 0 Å². The zero-order chi connectivity index (χ0) is 17.0. The van der Waals surface area contributed by atoms with E-state index in [2.05, 4.69) is 15.3 Å². The molecule has 1 heterocycles. The molecular formula is C19H27N3O. The maximum absolute atomic E-state index is 12.4. The number of aliphatic imine (C=N–C) groups is 1. The predicted molar refractivity (Wildman–Crippen MR) is 95.3 cm³/mol. The molecule has 23 heavy (non-hydrogen) atoms. The normalized spacial score (nSPS) is 16.7. The largest absolute Gasteiger partial charge is 0.391 e. The van der Waals surface area contributed by atoms with Crippen LogP contribution in [0.5, 0.6) is 0 Å². The topological polar surface area (TPSA) is 54.4 Å². The van der Waals surface area contributed by atoms with Crippen molar-refractivity contribution in [2.75, 3.05) is 14.1 Å². The summed E-state index contributed by atoms with van der Waals surface area (Å²) >= 11 is 0. The maximum Gasteiger partial charge on any atom is 0.164 e. The molecule has 1 aromatic rings. The summed E-state index contributed by atoms with van der Waals surface area (Å²) in [5, 5.41) is 3.16. The Kier molecular flexibility index (Phi) is 5.69. The molecule has 0 atom stereocenters. The molecule has 1 aliphatic rings. The maximum atomic E-state index is 12.4. The summed E-state index contributed by atoms with van der Waals surface area (Å²) in [6.07, 6.45) is 5.90. The monoisotopic (exact) mass is 313 g/mol. The van der Waals surface area contributed by atoms with Crippen LogP contribution in [0.3, 0.4) is 0 Å². The third-order valence-electron chi connectivity index (χ3n) is 4.82. The summed E-state index contributed by atoms with van der Waals surface area (Å²) in [6.45, 7) is 5.97. The first-order valence-electron chi connectivity index (χ1n) is 8.39. The Morgan fingerprint density at radius 2 is 2.09 bits per heavy atom. The van der Waals surface area contributed by atoms with E-state index >= 15 is 0 Å². The third kappa shape index (κ3) is 3.52. The number of nitrogens with one attached hydrogen (secondary N) is 1. The highest BCUT2D eigenvalue weighted by atomic mass is 16.1. The average molecular weight is 313 g/mol. The summed E-state index contributed by atoms with van der Waals surface area (Å²) in [7, 11) is 3.68. The van der Waals surface area contributed by atoms with Crippen LogP contribution < -0.4 is 5.32 Å². The van der Waals surface area contributed by atoms with Gasteiger partial charge in [0.05, 0.1) is 11.4 Å². The van der Waals surface area contributed by atoms with E-state index in [0.717, 1.165) is 46.6 Å². The molecule has 1 fully saturated rings. The van der Waals surface area contributed by atoms with E-state index in [1.165, 1.54) is 6.42 Å². The molecule has 1 saturated carbocycles. The Morgan fingerprint density at radius 3 is 2.57 bits per heavy atom. The number of pyridine rings is 1. The number of aromatic nitrogens is 1. The average Bonchev–Trinajstić information content (AvgIpc) is 2.53. The van der Waals surface area contributed by atoms with Crippen molar-refractivity contribution >= 4 is 11.5 Å². The van der Waals surface area contributed by atoms with Crippen LogP contribution in [0.2, 0.25) is 0 Å². The molecule has 1 N–H and O–H groups in total. The first-order chi connectivity index (χ1) is 11.0. The Labute approximate surface area is 139 Å². The third-order valence-corrected chi connectivity index (χ3v) is 4.82. The van der Waals surface area contributed by atoms with Gasteiger partial charge in [-0.25, -0.2) is 0 Å². The smallest absolute Gasteiger partial charge is 0.164 e. The van der Waals surface area contributed by atoms with Gasteiger partial charge in [-0.15, -0.1) is 0 Å². The lowest BCUT2D eigenvalue weighted by Crippen LogP contribution is -2.18.